The number of hydrogen-bond acceptors (Lipinski definition) is 5. The van der Waals surface area contributed by atoms with Crippen molar-refractivity contribution in [3.8, 4) is 0 Å². The van der Waals surface area contributed by atoms with Crippen LogP contribution in [0.3, 0.4) is 0 Å². The van der Waals surface area contributed by atoms with Gasteiger partial charge in [-0.05, 0) is 38.0 Å². The quantitative estimate of drug-likeness (QED) is 0.865. The molecule has 2 aromatic heterocycles. The van der Waals surface area contributed by atoms with E-state index in [9.17, 15) is 4.79 Å². The molecule has 0 aromatic carbocycles. The van der Waals surface area contributed by atoms with Crippen molar-refractivity contribution in [3.05, 3.63) is 47.1 Å². The molecule has 3 heterocycles. The van der Waals surface area contributed by atoms with Crippen molar-refractivity contribution in [2.24, 2.45) is 0 Å². The predicted molar refractivity (Wildman–Crippen MR) is 83.8 cm³/mol. The fourth-order valence-electron chi connectivity index (χ4n) is 2.90. The van der Waals surface area contributed by atoms with Crippen molar-refractivity contribution in [2.75, 3.05) is 19.7 Å². The molecule has 0 N–H and O–H groups in total. The molecule has 2 aromatic rings. The van der Waals surface area contributed by atoms with Gasteiger partial charge in [-0.3, -0.25) is 9.78 Å². The standard InChI is InChI=1S/C17H21N3O3/c1-12-15(13(2)23-19-12)3-4-17(21)20-9-10-22-16(11-20)14-5-7-18-8-6-14/h5-8,16H,3-4,9-11H2,1-2H3/t16-/m0/s1. The number of nitrogens with zero attached hydrogens (tertiary/aromatic N) is 3. The lowest BCUT2D eigenvalue weighted by molar-refractivity contribution is -0.139. The summed E-state index contributed by atoms with van der Waals surface area (Å²) < 4.78 is 10.9. The minimum atomic E-state index is -0.0743. The van der Waals surface area contributed by atoms with Crippen LogP contribution in [0.1, 0.15) is 35.1 Å². The highest BCUT2D eigenvalue weighted by atomic mass is 16.5. The van der Waals surface area contributed by atoms with Crippen LogP contribution in [0.15, 0.2) is 29.0 Å². The number of aryl methyl sites for hydroxylation is 2. The van der Waals surface area contributed by atoms with Crippen LogP contribution in [-0.4, -0.2) is 40.6 Å². The molecular weight excluding hydrogens is 294 g/mol. The van der Waals surface area contributed by atoms with Crippen molar-refractivity contribution in [1.29, 1.82) is 0 Å². The van der Waals surface area contributed by atoms with Crippen molar-refractivity contribution in [1.82, 2.24) is 15.0 Å². The zero-order chi connectivity index (χ0) is 16.2. The Bertz CT molecular complexity index is 649. The minimum absolute atomic E-state index is 0.0743. The summed E-state index contributed by atoms with van der Waals surface area (Å²) in [7, 11) is 0. The Labute approximate surface area is 135 Å². The minimum Gasteiger partial charge on any atom is -0.370 e. The van der Waals surface area contributed by atoms with Gasteiger partial charge < -0.3 is 14.2 Å². The third-order valence-electron chi connectivity index (χ3n) is 4.27. The van der Waals surface area contributed by atoms with E-state index in [0.717, 1.165) is 22.6 Å². The van der Waals surface area contributed by atoms with Crippen LogP contribution >= 0.6 is 0 Å². The number of hydrogen-bond donors (Lipinski definition) is 0. The third kappa shape index (κ3) is 3.59. The number of aromatic nitrogens is 2. The molecule has 122 valence electrons. The van der Waals surface area contributed by atoms with E-state index in [4.69, 9.17) is 9.26 Å². The Morgan fingerprint density at radius 2 is 2.13 bits per heavy atom. The summed E-state index contributed by atoms with van der Waals surface area (Å²) in [5.74, 6) is 0.944. The highest BCUT2D eigenvalue weighted by Gasteiger charge is 2.25. The number of ether oxygens (including phenoxy) is 1. The lowest BCUT2D eigenvalue weighted by Gasteiger charge is -2.33. The molecule has 1 aliphatic heterocycles. The molecular formula is C17H21N3O3. The van der Waals surface area contributed by atoms with Gasteiger partial charge in [0.1, 0.15) is 11.9 Å². The van der Waals surface area contributed by atoms with E-state index in [-0.39, 0.29) is 12.0 Å². The fourth-order valence-corrected chi connectivity index (χ4v) is 2.90. The topological polar surface area (TPSA) is 68.5 Å². The van der Waals surface area contributed by atoms with Crippen LogP contribution < -0.4 is 0 Å². The maximum atomic E-state index is 12.5. The molecule has 23 heavy (non-hydrogen) atoms. The Morgan fingerprint density at radius 3 is 2.83 bits per heavy atom. The highest BCUT2D eigenvalue weighted by Crippen LogP contribution is 2.22. The van der Waals surface area contributed by atoms with Crippen LogP contribution in [0.25, 0.3) is 0 Å². The molecule has 1 fully saturated rings. The van der Waals surface area contributed by atoms with Crippen molar-refractivity contribution < 1.29 is 14.1 Å². The van der Waals surface area contributed by atoms with Gasteiger partial charge in [0.05, 0.1) is 18.8 Å². The highest BCUT2D eigenvalue weighted by molar-refractivity contribution is 5.76. The molecule has 0 radical (unpaired) electrons. The van der Waals surface area contributed by atoms with Gasteiger partial charge in [0.2, 0.25) is 5.91 Å². The van der Waals surface area contributed by atoms with E-state index < -0.39 is 0 Å². The SMILES string of the molecule is Cc1noc(C)c1CCC(=O)N1CCO[C@H](c2ccncc2)C1. The van der Waals surface area contributed by atoms with Gasteiger partial charge in [-0.2, -0.15) is 0 Å². The molecule has 0 saturated carbocycles. The van der Waals surface area contributed by atoms with Crippen LogP contribution in [0.5, 0.6) is 0 Å². The van der Waals surface area contributed by atoms with E-state index in [1.165, 1.54) is 0 Å². The number of carbonyl (C=O) groups excluding carboxylic acids is 1. The van der Waals surface area contributed by atoms with Crippen LogP contribution in [0.4, 0.5) is 0 Å². The number of pyridine rings is 1. The van der Waals surface area contributed by atoms with Gasteiger partial charge in [0, 0.05) is 30.9 Å². The summed E-state index contributed by atoms with van der Waals surface area (Å²) in [5, 5.41) is 3.93. The van der Waals surface area contributed by atoms with Gasteiger partial charge in [0.15, 0.2) is 0 Å². The molecule has 0 bridgehead atoms. The number of morpholine rings is 1. The summed E-state index contributed by atoms with van der Waals surface area (Å²) in [6.07, 6.45) is 4.55. The summed E-state index contributed by atoms with van der Waals surface area (Å²) in [5.41, 5.74) is 2.97. The predicted octanol–water partition coefficient (Wildman–Crippen LogP) is 2.22. The largest absolute Gasteiger partial charge is 0.370 e. The molecule has 6 heteroatoms. The summed E-state index contributed by atoms with van der Waals surface area (Å²) in [6.45, 7) is 5.58. The van der Waals surface area contributed by atoms with E-state index in [1.807, 2.05) is 30.9 Å². The number of carbonyl (C=O) groups is 1. The lowest BCUT2D eigenvalue weighted by Crippen LogP contribution is -2.42. The first-order valence-electron chi connectivity index (χ1n) is 7.86. The van der Waals surface area contributed by atoms with E-state index in [0.29, 0.717) is 32.5 Å². The molecule has 6 nitrogen and oxygen atoms in total. The van der Waals surface area contributed by atoms with E-state index >= 15 is 0 Å². The Balaban J connectivity index is 1.59. The van der Waals surface area contributed by atoms with Gasteiger partial charge in [-0.1, -0.05) is 5.16 Å². The normalized spacial score (nSPS) is 18.2. The maximum absolute atomic E-state index is 12.5. The van der Waals surface area contributed by atoms with Crippen LogP contribution in [-0.2, 0) is 16.0 Å². The second kappa shape index (κ2) is 6.91. The van der Waals surface area contributed by atoms with Gasteiger partial charge >= 0.3 is 0 Å². The Hall–Kier alpha value is -2.21. The van der Waals surface area contributed by atoms with Crippen LogP contribution in [0, 0.1) is 13.8 Å². The molecule has 3 rings (SSSR count). The average Bonchev–Trinajstić information content (AvgIpc) is 2.92. The smallest absolute Gasteiger partial charge is 0.223 e. The molecule has 1 saturated heterocycles. The summed E-state index contributed by atoms with van der Waals surface area (Å²) in [6, 6.07) is 3.87. The maximum Gasteiger partial charge on any atom is 0.223 e. The van der Waals surface area contributed by atoms with Crippen molar-refractivity contribution >= 4 is 5.91 Å². The molecule has 1 atom stereocenters. The Morgan fingerprint density at radius 1 is 1.35 bits per heavy atom. The van der Waals surface area contributed by atoms with Gasteiger partial charge in [0.25, 0.3) is 0 Å². The number of amides is 1. The molecule has 0 aliphatic carbocycles. The van der Waals surface area contributed by atoms with Gasteiger partial charge in [-0.25, -0.2) is 0 Å². The molecule has 1 amide bonds. The monoisotopic (exact) mass is 315 g/mol. The third-order valence-corrected chi connectivity index (χ3v) is 4.27. The number of rotatable bonds is 4. The summed E-state index contributed by atoms with van der Waals surface area (Å²) >= 11 is 0. The van der Waals surface area contributed by atoms with E-state index in [2.05, 4.69) is 10.1 Å². The Kier molecular flexibility index (Phi) is 4.71. The second-order valence-corrected chi connectivity index (χ2v) is 5.78. The zero-order valence-electron chi connectivity index (χ0n) is 13.5. The molecule has 1 aliphatic rings. The first-order chi connectivity index (χ1) is 11.1. The van der Waals surface area contributed by atoms with Crippen LogP contribution in [0.2, 0.25) is 0 Å². The zero-order valence-corrected chi connectivity index (χ0v) is 13.5. The molecule has 0 unspecified atom stereocenters. The lowest BCUT2D eigenvalue weighted by atomic mass is 10.1. The second-order valence-electron chi connectivity index (χ2n) is 5.78. The van der Waals surface area contributed by atoms with Gasteiger partial charge in [-0.15, -0.1) is 0 Å². The first kappa shape index (κ1) is 15.7. The fraction of sp³-hybridized carbons (Fsp3) is 0.471. The average molecular weight is 315 g/mol. The van der Waals surface area contributed by atoms with Crippen molar-refractivity contribution in [3.63, 3.8) is 0 Å². The summed E-state index contributed by atoms with van der Waals surface area (Å²) in [4.78, 5) is 18.4. The first-order valence-corrected chi connectivity index (χ1v) is 7.86. The van der Waals surface area contributed by atoms with Crippen molar-refractivity contribution in [2.45, 2.75) is 32.8 Å². The molecule has 0 spiro atoms. The van der Waals surface area contributed by atoms with E-state index in [1.54, 1.807) is 12.4 Å².